The second-order valence-electron chi connectivity index (χ2n) is 5.12. The van der Waals surface area contributed by atoms with Gasteiger partial charge in [0.25, 0.3) is 5.56 Å². The molecule has 0 saturated heterocycles. The smallest absolute Gasteiger partial charge is 0.383 e. The third kappa shape index (κ3) is 5.92. The first-order chi connectivity index (χ1) is 11.5. The summed E-state index contributed by atoms with van der Waals surface area (Å²) in [6.07, 6.45) is -8.78. The van der Waals surface area contributed by atoms with Crippen LogP contribution in [0.3, 0.4) is 0 Å². The van der Waals surface area contributed by atoms with Crippen molar-refractivity contribution in [1.82, 2.24) is 9.97 Å². The van der Waals surface area contributed by atoms with Crippen molar-refractivity contribution in [1.29, 1.82) is 0 Å². The lowest BCUT2D eigenvalue weighted by Crippen LogP contribution is -2.37. The molecular weight excluding hydrogens is 353 g/mol. The number of rotatable bonds is 9. The Hall–Kier alpha value is -1.75. The number of halogens is 5. The van der Waals surface area contributed by atoms with E-state index in [0.717, 1.165) is 0 Å². The molecular formula is C14H20F5N3O3. The molecule has 1 rings (SSSR count). The van der Waals surface area contributed by atoms with E-state index in [4.69, 9.17) is 15.2 Å². The van der Waals surface area contributed by atoms with Crippen molar-refractivity contribution in [2.75, 3.05) is 18.9 Å². The summed E-state index contributed by atoms with van der Waals surface area (Å²) in [5, 5.41) is 0. The normalized spacial score (nSPS) is 12.8. The predicted octanol–water partition coefficient (Wildman–Crippen LogP) is 2.42. The number of nitrogens with zero attached hydrogens (tertiary/aromatic N) is 1. The predicted molar refractivity (Wildman–Crippen MR) is 79.3 cm³/mol. The average Bonchev–Trinajstić information content (AvgIpc) is 2.48. The van der Waals surface area contributed by atoms with E-state index < -0.39 is 36.8 Å². The van der Waals surface area contributed by atoms with Crippen LogP contribution in [-0.4, -0.2) is 41.6 Å². The molecule has 1 aromatic rings. The summed E-state index contributed by atoms with van der Waals surface area (Å²) in [6, 6.07) is 0. The van der Waals surface area contributed by atoms with Crippen LogP contribution in [-0.2, 0) is 22.3 Å². The van der Waals surface area contributed by atoms with Gasteiger partial charge in [0.1, 0.15) is 11.6 Å². The molecule has 144 valence electrons. The quantitative estimate of drug-likeness (QED) is 0.513. The monoisotopic (exact) mass is 373 g/mol. The highest BCUT2D eigenvalue weighted by atomic mass is 19.4. The highest BCUT2D eigenvalue weighted by Gasteiger charge is 2.56. The second-order valence-corrected chi connectivity index (χ2v) is 5.12. The van der Waals surface area contributed by atoms with Crippen LogP contribution in [0.2, 0.25) is 0 Å². The Morgan fingerprint density at radius 1 is 1.16 bits per heavy atom. The van der Waals surface area contributed by atoms with E-state index in [0.29, 0.717) is 13.2 Å². The van der Waals surface area contributed by atoms with Crippen LogP contribution in [0.25, 0.3) is 0 Å². The lowest BCUT2D eigenvalue weighted by atomic mass is 10.1. The van der Waals surface area contributed by atoms with E-state index in [2.05, 4.69) is 9.97 Å². The highest BCUT2D eigenvalue weighted by molar-refractivity contribution is 5.38. The first kappa shape index (κ1) is 21.3. The number of nitrogens with two attached hydrogens (primary N) is 1. The van der Waals surface area contributed by atoms with E-state index in [1.54, 1.807) is 13.8 Å². The third-order valence-electron chi connectivity index (χ3n) is 3.26. The topological polar surface area (TPSA) is 90.2 Å². The van der Waals surface area contributed by atoms with E-state index in [1.165, 1.54) is 0 Å². The number of aromatic nitrogens is 2. The zero-order valence-corrected chi connectivity index (χ0v) is 13.8. The van der Waals surface area contributed by atoms with Crippen molar-refractivity contribution < 1.29 is 31.4 Å². The molecule has 11 heteroatoms. The van der Waals surface area contributed by atoms with Gasteiger partial charge in [0.05, 0.1) is 5.56 Å². The van der Waals surface area contributed by atoms with Crippen LogP contribution in [0.1, 0.15) is 31.7 Å². The molecule has 0 aliphatic carbocycles. The number of hydrogen-bond acceptors (Lipinski definition) is 5. The highest BCUT2D eigenvalue weighted by Crippen LogP contribution is 2.38. The molecule has 0 aliphatic heterocycles. The summed E-state index contributed by atoms with van der Waals surface area (Å²) >= 11 is 0. The molecule has 1 heterocycles. The van der Waals surface area contributed by atoms with E-state index >= 15 is 0 Å². The van der Waals surface area contributed by atoms with Crippen LogP contribution < -0.4 is 11.3 Å². The third-order valence-corrected chi connectivity index (χ3v) is 3.26. The Morgan fingerprint density at radius 2 is 1.72 bits per heavy atom. The van der Waals surface area contributed by atoms with Crippen LogP contribution in [0, 0.1) is 0 Å². The van der Waals surface area contributed by atoms with Crippen LogP contribution in [0.4, 0.5) is 27.8 Å². The van der Waals surface area contributed by atoms with Crippen LogP contribution >= 0.6 is 0 Å². The maximum absolute atomic E-state index is 12.9. The average molecular weight is 373 g/mol. The van der Waals surface area contributed by atoms with E-state index in [9.17, 15) is 26.7 Å². The maximum Gasteiger partial charge on any atom is 0.453 e. The van der Waals surface area contributed by atoms with Gasteiger partial charge in [-0.05, 0) is 13.8 Å². The summed E-state index contributed by atoms with van der Waals surface area (Å²) in [7, 11) is 0. The number of H-pyrrole nitrogens is 1. The SMILES string of the molecule is CCOC(Cc1c(N)nc(CCC(F)(F)C(F)(F)F)[nH]c1=O)OCC. The summed E-state index contributed by atoms with van der Waals surface area (Å²) in [5.74, 6) is -5.49. The first-order valence-electron chi connectivity index (χ1n) is 7.57. The Morgan fingerprint density at radius 3 is 2.16 bits per heavy atom. The number of aromatic amines is 1. The Kier molecular flexibility index (Phi) is 7.29. The molecule has 25 heavy (non-hydrogen) atoms. The van der Waals surface area contributed by atoms with Crippen molar-refractivity contribution in [3.05, 3.63) is 21.7 Å². The fourth-order valence-electron chi connectivity index (χ4n) is 2.00. The summed E-state index contributed by atoms with van der Waals surface area (Å²) < 4.78 is 72.9. The fourth-order valence-corrected chi connectivity index (χ4v) is 2.00. The number of hydrogen-bond donors (Lipinski definition) is 2. The lowest BCUT2D eigenvalue weighted by molar-refractivity contribution is -0.284. The van der Waals surface area contributed by atoms with Gasteiger partial charge in [0.2, 0.25) is 0 Å². The van der Waals surface area contributed by atoms with Gasteiger partial charge in [-0.2, -0.15) is 22.0 Å². The molecule has 0 spiro atoms. The van der Waals surface area contributed by atoms with Crippen molar-refractivity contribution in [3.8, 4) is 0 Å². The van der Waals surface area contributed by atoms with Gasteiger partial charge in [-0.25, -0.2) is 4.98 Å². The Balaban J connectivity index is 2.90. The minimum Gasteiger partial charge on any atom is -0.383 e. The zero-order chi connectivity index (χ0) is 19.3. The molecule has 0 atom stereocenters. The largest absolute Gasteiger partial charge is 0.453 e. The molecule has 3 N–H and O–H groups in total. The van der Waals surface area contributed by atoms with Gasteiger partial charge in [0.15, 0.2) is 6.29 Å². The van der Waals surface area contributed by atoms with Crippen molar-refractivity contribution in [3.63, 3.8) is 0 Å². The molecule has 0 unspecified atom stereocenters. The minimum atomic E-state index is -5.67. The van der Waals surface area contributed by atoms with Gasteiger partial charge in [-0.15, -0.1) is 0 Å². The lowest BCUT2D eigenvalue weighted by Gasteiger charge is -2.19. The molecule has 0 fully saturated rings. The molecule has 0 radical (unpaired) electrons. The van der Waals surface area contributed by atoms with Crippen molar-refractivity contribution in [2.24, 2.45) is 0 Å². The Labute approximate surface area is 140 Å². The molecule has 0 saturated carbocycles. The molecule has 6 nitrogen and oxygen atoms in total. The molecule has 0 aromatic carbocycles. The number of alkyl halides is 5. The summed E-state index contributed by atoms with van der Waals surface area (Å²) in [4.78, 5) is 17.9. The van der Waals surface area contributed by atoms with Crippen LogP contribution in [0.5, 0.6) is 0 Å². The van der Waals surface area contributed by atoms with E-state index in [1.807, 2.05) is 0 Å². The first-order valence-corrected chi connectivity index (χ1v) is 7.57. The number of nitrogens with one attached hydrogen (secondary N) is 1. The fraction of sp³-hybridized carbons (Fsp3) is 0.714. The summed E-state index contributed by atoms with van der Waals surface area (Å²) in [5.41, 5.74) is 4.91. The molecule has 0 aliphatic rings. The number of aryl methyl sites for hydroxylation is 1. The zero-order valence-electron chi connectivity index (χ0n) is 13.8. The van der Waals surface area contributed by atoms with Crippen molar-refractivity contribution >= 4 is 5.82 Å². The van der Waals surface area contributed by atoms with Crippen molar-refractivity contribution in [2.45, 2.75) is 51.5 Å². The van der Waals surface area contributed by atoms with Gasteiger partial charge in [0, 0.05) is 32.5 Å². The standard InChI is InChI=1S/C14H20F5N3O3/c1-3-24-10(25-4-2)7-8-11(20)21-9(22-12(8)23)5-6-13(15,16)14(17,18)19/h10H,3-7H2,1-2H3,(H3,20,21,22,23). The second kappa shape index (κ2) is 8.56. The molecule has 0 amide bonds. The van der Waals surface area contributed by atoms with Gasteiger partial charge in [-0.1, -0.05) is 0 Å². The van der Waals surface area contributed by atoms with Gasteiger partial charge >= 0.3 is 12.1 Å². The molecule has 0 bridgehead atoms. The van der Waals surface area contributed by atoms with Gasteiger partial charge in [-0.3, -0.25) is 4.79 Å². The molecule has 1 aromatic heterocycles. The number of nitrogen functional groups attached to an aromatic ring is 1. The minimum absolute atomic E-state index is 0.0123. The number of anilines is 1. The summed E-state index contributed by atoms with van der Waals surface area (Å²) in [6.45, 7) is 4.09. The van der Waals surface area contributed by atoms with Gasteiger partial charge < -0.3 is 20.2 Å². The van der Waals surface area contributed by atoms with Crippen LogP contribution in [0.15, 0.2) is 4.79 Å². The maximum atomic E-state index is 12.9. The Bertz CT molecular complexity index is 613. The number of ether oxygens (including phenoxy) is 2. The van der Waals surface area contributed by atoms with E-state index in [-0.39, 0.29) is 23.6 Å².